The molecule has 0 spiro atoms. The van der Waals surface area contributed by atoms with Gasteiger partial charge in [-0.2, -0.15) is 0 Å². The first kappa shape index (κ1) is 76.1. The number of aliphatic hydroxyl groups excluding tert-OH is 1. The molecule has 3 unspecified atom stereocenters. The first-order chi connectivity index (χ1) is 37.4. The van der Waals surface area contributed by atoms with Crippen molar-refractivity contribution in [3.05, 3.63) is 0 Å². The second-order valence-electron chi connectivity index (χ2n) is 22.1. The Kier molecular flexibility index (Phi) is 50.6. The monoisotopic (exact) mass is 1160 g/mol. The fourth-order valence-electron chi connectivity index (χ4n) is 8.61. The number of esters is 4. The lowest BCUT2D eigenvalue weighted by Gasteiger charge is -2.21. The van der Waals surface area contributed by atoms with Crippen LogP contribution in [-0.2, 0) is 65.4 Å². The average Bonchev–Trinajstić information content (AvgIpc) is 3.40. The maximum atomic E-state index is 12.9. The molecule has 0 radical (unpaired) electrons. The van der Waals surface area contributed by atoms with Crippen molar-refractivity contribution in [2.45, 2.75) is 304 Å². The number of rotatable bonds is 58. The summed E-state index contributed by atoms with van der Waals surface area (Å²) in [6, 6.07) is 0. The molecular weight excluding hydrogens is 1040 g/mol. The zero-order valence-electron chi connectivity index (χ0n) is 50.0. The highest BCUT2D eigenvalue weighted by molar-refractivity contribution is 7.47. The van der Waals surface area contributed by atoms with Crippen molar-refractivity contribution in [1.82, 2.24) is 0 Å². The van der Waals surface area contributed by atoms with Crippen LogP contribution in [0.3, 0.4) is 0 Å². The molecule has 0 saturated carbocycles. The van der Waals surface area contributed by atoms with Gasteiger partial charge in [0.2, 0.25) is 0 Å². The Morgan fingerprint density at radius 1 is 0.372 bits per heavy atom. The zero-order chi connectivity index (χ0) is 58.0. The molecule has 0 aromatic carbocycles. The van der Waals surface area contributed by atoms with Gasteiger partial charge in [-0.25, -0.2) is 9.13 Å². The molecule has 19 heteroatoms. The lowest BCUT2D eigenvalue weighted by atomic mass is 10.00. The van der Waals surface area contributed by atoms with Crippen LogP contribution in [0.1, 0.15) is 286 Å². The van der Waals surface area contributed by atoms with Crippen molar-refractivity contribution in [3.8, 4) is 0 Å². The van der Waals surface area contributed by atoms with Crippen LogP contribution in [0.4, 0.5) is 0 Å². The van der Waals surface area contributed by atoms with Gasteiger partial charge in [0.1, 0.15) is 19.3 Å². The molecule has 462 valence electrons. The predicted molar refractivity (Wildman–Crippen MR) is 308 cm³/mol. The second-order valence-corrected chi connectivity index (χ2v) is 25.0. The molecule has 0 saturated heterocycles. The van der Waals surface area contributed by atoms with E-state index < -0.39 is 97.5 Å². The van der Waals surface area contributed by atoms with Crippen LogP contribution in [0.5, 0.6) is 0 Å². The second kappa shape index (κ2) is 51.9. The van der Waals surface area contributed by atoms with Gasteiger partial charge < -0.3 is 33.8 Å². The van der Waals surface area contributed by atoms with Crippen molar-refractivity contribution < 1.29 is 80.2 Å². The van der Waals surface area contributed by atoms with Gasteiger partial charge in [0.15, 0.2) is 12.2 Å². The normalized spacial score (nSPS) is 14.8. The maximum Gasteiger partial charge on any atom is 0.472 e. The maximum absolute atomic E-state index is 12.9. The van der Waals surface area contributed by atoms with Crippen molar-refractivity contribution in [3.63, 3.8) is 0 Å². The fraction of sp³-hybridized carbons (Fsp3) is 0.932. The average molecular weight is 1160 g/mol. The number of ether oxygens (including phenoxy) is 4. The Balaban J connectivity index is 5.23. The highest BCUT2D eigenvalue weighted by atomic mass is 31.2. The van der Waals surface area contributed by atoms with Crippen molar-refractivity contribution in [2.24, 2.45) is 11.8 Å². The van der Waals surface area contributed by atoms with Crippen LogP contribution in [0, 0.1) is 11.8 Å². The molecule has 0 aromatic heterocycles. The Morgan fingerprint density at radius 3 is 0.974 bits per heavy atom. The summed E-state index contributed by atoms with van der Waals surface area (Å²) in [6.45, 7) is 9.32. The number of unbranched alkanes of at least 4 members (excludes halogenated alkanes) is 27. The quantitative estimate of drug-likeness (QED) is 0.0222. The summed E-state index contributed by atoms with van der Waals surface area (Å²) in [7, 11) is -9.87. The summed E-state index contributed by atoms with van der Waals surface area (Å²) in [5, 5.41) is 10.5. The molecule has 0 fully saturated rings. The lowest BCUT2D eigenvalue weighted by Crippen LogP contribution is -2.30. The third-order valence-corrected chi connectivity index (χ3v) is 15.7. The Bertz CT molecular complexity index is 1550. The Hall–Kier alpha value is -1.94. The smallest absolute Gasteiger partial charge is 0.462 e. The number of phosphoric ester groups is 2. The molecule has 0 rings (SSSR count). The van der Waals surface area contributed by atoms with Crippen molar-refractivity contribution in [2.75, 3.05) is 39.6 Å². The molecule has 6 atom stereocenters. The van der Waals surface area contributed by atoms with Gasteiger partial charge >= 0.3 is 39.5 Å². The van der Waals surface area contributed by atoms with Crippen LogP contribution in [0.2, 0.25) is 0 Å². The number of aliphatic hydroxyl groups is 1. The van der Waals surface area contributed by atoms with E-state index in [2.05, 4.69) is 41.5 Å². The van der Waals surface area contributed by atoms with E-state index in [-0.39, 0.29) is 25.7 Å². The third kappa shape index (κ3) is 52.2. The van der Waals surface area contributed by atoms with E-state index in [1.807, 2.05) is 0 Å². The highest BCUT2D eigenvalue weighted by Crippen LogP contribution is 2.45. The molecule has 0 aliphatic carbocycles. The zero-order valence-corrected chi connectivity index (χ0v) is 51.7. The molecule has 78 heavy (non-hydrogen) atoms. The molecule has 0 amide bonds. The Morgan fingerprint density at radius 2 is 0.654 bits per heavy atom. The predicted octanol–water partition coefficient (Wildman–Crippen LogP) is 15.7. The first-order valence-corrected chi connectivity index (χ1v) is 34.0. The van der Waals surface area contributed by atoms with Crippen LogP contribution in [-0.4, -0.2) is 96.7 Å². The summed E-state index contributed by atoms with van der Waals surface area (Å²) in [5.41, 5.74) is 0. The first-order valence-electron chi connectivity index (χ1n) is 31.0. The van der Waals surface area contributed by atoms with Crippen LogP contribution < -0.4 is 0 Å². The van der Waals surface area contributed by atoms with Gasteiger partial charge in [-0.1, -0.05) is 234 Å². The third-order valence-electron chi connectivity index (χ3n) is 13.8. The Labute approximate surface area is 473 Å². The van der Waals surface area contributed by atoms with Gasteiger partial charge in [-0.05, 0) is 37.5 Å². The minimum absolute atomic E-state index is 0.103. The number of hydrogen-bond acceptors (Lipinski definition) is 15. The van der Waals surface area contributed by atoms with Crippen LogP contribution in [0.25, 0.3) is 0 Å². The molecule has 0 aliphatic rings. The van der Waals surface area contributed by atoms with Crippen LogP contribution >= 0.6 is 15.6 Å². The van der Waals surface area contributed by atoms with E-state index in [4.69, 9.17) is 37.0 Å². The molecular formula is C59H114O17P2. The standard InChI is InChI=1S/C59H114O17P2/c1-7-10-12-14-16-17-18-23-31-37-43-58(63)75-54(47-69-56(61)41-35-29-21-15-13-11-8-2)49-73-77(65,66)71-45-53(60)46-72-78(67,68)74-50-55(48-70-57(62)42-36-30-26-25-28-34-40-52(6)9-3)76-59(64)44-38-32-24-20-19-22-27-33-39-51(4)5/h51-55,60H,7-50H2,1-6H3,(H,65,66)(H,67,68)/t52?,53-,54+,55+/m0/s1. The van der Waals surface area contributed by atoms with Crippen molar-refractivity contribution >= 4 is 39.5 Å². The molecule has 0 aliphatic heterocycles. The van der Waals surface area contributed by atoms with E-state index in [0.717, 1.165) is 121 Å². The molecule has 3 N–H and O–H groups in total. The minimum Gasteiger partial charge on any atom is -0.462 e. The minimum atomic E-state index is -4.94. The number of carbonyl (C=O) groups is 4. The number of phosphoric acid groups is 2. The van der Waals surface area contributed by atoms with E-state index >= 15 is 0 Å². The highest BCUT2D eigenvalue weighted by Gasteiger charge is 2.30. The van der Waals surface area contributed by atoms with Crippen LogP contribution in [0.15, 0.2) is 0 Å². The summed E-state index contributed by atoms with van der Waals surface area (Å²) >= 11 is 0. The van der Waals surface area contributed by atoms with Gasteiger partial charge in [0.25, 0.3) is 0 Å². The van der Waals surface area contributed by atoms with Gasteiger partial charge in [0, 0.05) is 25.7 Å². The molecule has 17 nitrogen and oxygen atoms in total. The summed E-state index contributed by atoms with van der Waals surface area (Å²) in [6.07, 6.45) is 32.2. The number of hydrogen-bond donors (Lipinski definition) is 3. The van der Waals surface area contributed by atoms with E-state index in [9.17, 15) is 43.2 Å². The largest absolute Gasteiger partial charge is 0.472 e. The van der Waals surface area contributed by atoms with Gasteiger partial charge in [0.05, 0.1) is 26.4 Å². The lowest BCUT2D eigenvalue weighted by molar-refractivity contribution is -0.161. The van der Waals surface area contributed by atoms with Gasteiger partial charge in [-0.3, -0.25) is 37.3 Å². The SMILES string of the molecule is CCCCCCCCCCCCC(=O)O[C@H](COC(=O)CCCCCCCCC)COP(=O)(O)OC[C@H](O)COP(=O)(O)OC[C@@H](COC(=O)CCCCCCCCC(C)CC)OC(=O)CCCCCCCCCCC(C)C. The topological polar surface area (TPSA) is 237 Å². The van der Waals surface area contributed by atoms with E-state index in [0.29, 0.717) is 25.7 Å². The van der Waals surface area contributed by atoms with E-state index in [1.54, 1.807) is 0 Å². The molecule has 0 heterocycles. The van der Waals surface area contributed by atoms with Gasteiger partial charge in [-0.15, -0.1) is 0 Å². The van der Waals surface area contributed by atoms with Crippen molar-refractivity contribution in [1.29, 1.82) is 0 Å². The summed E-state index contributed by atoms with van der Waals surface area (Å²) in [5.74, 6) is -0.699. The fourth-order valence-corrected chi connectivity index (χ4v) is 10.2. The number of carbonyl (C=O) groups excluding carboxylic acids is 4. The molecule has 0 bridgehead atoms. The van der Waals surface area contributed by atoms with E-state index in [1.165, 1.54) is 83.5 Å². The summed E-state index contributed by atoms with van der Waals surface area (Å²) in [4.78, 5) is 71.8. The molecule has 0 aromatic rings. The summed E-state index contributed by atoms with van der Waals surface area (Å²) < 4.78 is 67.7.